The lowest BCUT2D eigenvalue weighted by atomic mass is 9.63. The maximum Gasteiger partial charge on any atom is 0.122 e. The number of hydrogen-bond donors (Lipinski definition) is 1. The second kappa shape index (κ2) is 10.6. The largest absolute Gasteiger partial charge is 0.507 e. The van der Waals surface area contributed by atoms with Gasteiger partial charge in [0, 0.05) is 11.0 Å². The molecule has 2 aromatic carbocycles. The van der Waals surface area contributed by atoms with E-state index in [2.05, 4.69) is 58.9 Å². The van der Waals surface area contributed by atoms with Crippen molar-refractivity contribution < 1.29 is 5.11 Å². The Balaban J connectivity index is 1.77. The van der Waals surface area contributed by atoms with E-state index in [4.69, 9.17) is 4.99 Å². The van der Waals surface area contributed by atoms with E-state index in [0.717, 1.165) is 11.2 Å². The molecule has 0 radical (unpaired) electrons. The number of aliphatic imine (C=N–C) groups is 1. The van der Waals surface area contributed by atoms with Crippen LogP contribution < -0.4 is 0 Å². The lowest BCUT2D eigenvalue weighted by Crippen LogP contribution is -2.41. The van der Waals surface area contributed by atoms with E-state index >= 15 is 0 Å². The van der Waals surface area contributed by atoms with Crippen molar-refractivity contribution in [2.45, 2.75) is 116 Å². The summed E-state index contributed by atoms with van der Waals surface area (Å²) < 4.78 is 0. The molecular weight excluding hydrogens is 457 g/mol. The molecule has 0 spiro atoms. The summed E-state index contributed by atoms with van der Waals surface area (Å²) in [4.78, 5) is 5.79. The number of nitrogens with zero attached hydrogens (tertiary/aromatic N) is 1. The van der Waals surface area contributed by atoms with Crippen LogP contribution >= 0.6 is 7.92 Å². The normalized spacial score (nSPS) is 27.1. The molecule has 1 saturated heterocycles. The number of phenols is 1. The second-order valence-corrected chi connectivity index (χ2v) is 14.7. The Morgan fingerprint density at radius 2 is 1.31 bits per heavy atom. The first-order valence-corrected chi connectivity index (χ1v) is 16.1. The maximum atomic E-state index is 11.7. The lowest BCUT2D eigenvalue weighted by Gasteiger charge is -2.43. The molecule has 2 atom stereocenters. The van der Waals surface area contributed by atoms with Crippen molar-refractivity contribution in [3.8, 4) is 5.75 Å². The van der Waals surface area contributed by atoms with Gasteiger partial charge in [-0.3, -0.25) is 4.99 Å². The van der Waals surface area contributed by atoms with E-state index in [1.165, 1.54) is 116 Å². The fraction of sp³-hybridized carbons (Fsp3) is 0.606. The fourth-order valence-electron chi connectivity index (χ4n) is 7.89. The average molecular weight is 504 g/mol. The molecule has 2 aromatic rings. The van der Waals surface area contributed by atoms with Gasteiger partial charge >= 0.3 is 0 Å². The van der Waals surface area contributed by atoms with Crippen molar-refractivity contribution >= 4 is 19.1 Å². The van der Waals surface area contributed by atoms with Crippen molar-refractivity contribution in [3.63, 3.8) is 0 Å². The number of phenolic OH excluding ortho intramolecular Hbond substituents is 1. The van der Waals surface area contributed by atoms with Crippen LogP contribution in [0.25, 0.3) is 0 Å². The summed E-state index contributed by atoms with van der Waals surface area (Å²) in [6.07, 6.45) is 15.9. The summed E-state index contributed by atoms with van der Waals surface area (Å²) in [5.74, 6) is 1.12. The van der Waals surface area contributed by atoms with Crippen LogP contribution in [0.2, 0.25) is 0 Å². The van der Waals surface area contributed by atoms with Crippen molar-refractivity contribution in [2.24, 2.45) is 10.9 Å². The van der Waals surface area contributed by atoms with Gasteiger partial charge in [0.05, 0.1) is 11.1 Å². The Morgan fingerprint density at radius 1 is 0.750 bits per heavy atom. The molecule has 2 unspecified atom stereocenters. The zero-order valence-electron chi connectivity index (χ0n) is 23.3. The molecule has 3 aliphatic rings. The summed E-state index contributed by atoms with van der Waals surface area (Å²) in [5.41, 5.74) is 10.8. The molecule has 194 valence electrons. The summed E-state index contributed by atoms with van der Waals surface area (Å²) in [6.45, 7) is 11.0. The Hall–Kier alpha value is -1.66. The molecule has 1 aliphatic heterocycles. The van der Waals surface area contributed by atoms with Gasteiger partial charge in [-0.25, -0.2) is 0 Å². The van der Waals surface area contributed by atoms with Crippen LogP contribution in [0.3, 0.4) is 0 Å². The zero-order chi connectivity index (χ0) is 25.4. The summed E-state index contributed by atoms with van der Waals surface area (Å²) in [5, 5.41) is 11.7. The highest BCUT2D eigenvalue weighted by Crippen LogP contribution is 2.66. The van der Waals surface area contributed by atoms with Gasteiger partial charge in [0.15, 0.2) is 0 Å². The monoisotopic (exact) mass is 503 g/mol. The van der Waals surface area contributed by atoms with E-state index in [1.807, 2.05) is 0 Å². The highest BCUT2D eigenvalue weighted by molar-refractivity contribution is 7.76. The van der Waals surface area contributed by atoms with E-state index in [-0.39, 0.29) is 13.3 Å². The Bertz CT molecular complexity index is 1120. The maximum absolute atomic E-state index is 11.7. The molecule has 3 heteroatoms. The van der Waals surface area contributed by atoms with E-state index < -0.39 is 0 Å². The number of benzene rings is 2. The third-order valence-electron chi connectivity index (χ3n) is 9.51. The van der Waals surface area contributed by atoms with Crippen LogP contribution in [0.5, 0.6) is 5.75 Å². The molecule has 0 amide bonds. The molecule has 2 saturated carbocycles. The van der Waals surface area contributed by atoms with Crippen LogP contribution in [0.1, 0.15) is 104 Å². The Kier molecular flexibility index (Phi) is 7.65. The predicted octanol–water partition coefficient (Wildman–Crippen LogP) is 9.70. The molecule has 36 heavy (non-hydrogen) atoms. The molecule has 2 aliphatic carbocycles. The standard InChI is InChI=1S/C33H46NOP/c1-22-18-24(3)30(25(4)19-22)34-32-33(27-12-8-6-9-13-27,29-21-23(2)20-26(5)31(29)35)16-17-36(32)28-14-10-7-11-15-28/h18-21,27-28,35H,6-17H2,1-5H3. The van der Waals surface area contributed by atoms with E-state index in [0.29, 0.717) is 11.7 Å². The minimum atomic E-state index is -0.312. The first kappa shape index (κ1) is 26.0. The minimum absolute atomic E-state index is 0.117. The minimum Gasteiger partial charge on any atom is -0.507 e. The third-order valence-corrected chi connectivity index (χ3v) is 12.7. The fourth-order valence-corrected chi connectivity index (χ4v) is 11.6. The molecule has 5 rings (SSSR count). The number of rotatable bonds is 4. The van der Waals surface area contributed by atoms with Gasteiger partial charge in [0.25, 0.3) is 0 Å². The topological polar surface area (TPSA) is 32.6 Å². The van der Waals surface area contributed by atoms with Crippen LogP contribution in [0, 0.1) is 40.5 Å². The Labute approximate surface area is 220 Å². The van der Waals surface area contributed by atoms with Crippen LogP contribution in [-0.4, -0.2) is 22.4 Å². The smallest absolute Gasteiger partial charge is 0.122 e. The van der Waals surface area contributed by atoms with E-state index in [9.17, 15) is 5.11 Å². The van der Waals surface area contributed by atoms with Crippen molar-refractivity contribution in [2.75, 3.05) is 6.16 Å². The molecule has 0 aromatic heterocycles. The first-order chi connectivity index (χ1) is 17.3. The molecular formula is C33H46NOP. The van der Waals surface area contributed by atoms with E-state index in [1.54, 1.807) is 0 Å². The Morgan fingerprint density at radius 3 is 1.94 bits per heavy atom. The van der Waals surface area contributed by atoms with Crippen molar-refractivity contribution in [1.82, 2.24) is 0 Å². The third kappa shape index (κ3) is 4.69. The highest BCUT2D eigenvalue weighted by Gasteiger charge is 2.54. The van der Waals surface area contributed by atoms with Crippen LogP contribution in [0.4, 0.5) is 5.69 Å². The quantitative estimate of drug-likeness (QED) is 0.414. The van der Waals surface area contributed by atoms with Gasteiger partial charge in [0.1, 0.15) is 5.75 Å². The van der Waals surface area contributed by atoms with Gasteiger partial charge in [0.2, 0.25) is 0 Å². The number of aromatic hydroxyl groups is 1. The average Bonchev–Trinajstić information content (AvgIpc) is 3.24. The first-order valence-electron chi connectivity index (χ1n) is 14.6. The van der Waals surface area contributed by atoms with Gasteiger partial charge in [-0.2, -0.15) is 0 Å². The molecule has 1 N–H and O–H groups in total. The van der Waals surface area contributed by atoms with Gasteiger partial charge in [-0.05, 0) is 101 Å². The molecule has 3 fully saturated rings. The van der Waals surface area contributed by atoms with Gasteiger partial charge in [-0.1, -0.05) is 81.8 Å². The number of hydrogen-bond acceptors (Lipinski definition) is 2. The predicted molar refractivity (Wildman–Crippen MR) is 157 cm³/mol. The molecule has 1 heterocycles. The second-order valence-electron chi connectivity index (χ2n) is 12.2. The lowest BCUT2D eigenvalue weighted by molar-refractivity contribution is 0.257. The van der Waals surface area contributed by atoms with Crippen molar-refractivity contribution in [1.29, 1.82) is 0 Å². The summed E-state index contributed by atoms with van der Waals surface area (Å²) >= 11 is 0. The van der Waals surface area contributed by atoms with Crippen LogP contribution in [-0.2, 0) is 5.41 Å². The molecule has 2 nitrogen and oxygen atoms in total. The van der Waals surface area contributed by atoms with Crippen LogP contribution in [0.15, 0.2) is 29.3 Å². The summed E-state index contributed by atoms with van der Waals surface area (Å²) in [6, 6.07) is 9.10. The SMILES string of the molecule is Cc1cc(C)c(N=C2P(C3CCCCC3)CCC2(c2cc(C)cc(C)c2O)C2CCCCC2)c(C)c1. The number of aryl methyl sites for hydroxylation is 5. The van der Waals surface area contributed by atoms with Gasteiger partial charge < -0.3 is 5.11 Å². The molecule has 0 bridgehead atoms. The zero-order valence-corrected chi connectivity index (χ0v) is 24.2. The van der Waals surface area contributed by atoms with Gasteiger partial charge in [-0.15, -0.1) is 0 Å². The highest BCUT2D eigenvalue weighted by atomic mass is 31.1. The summed E-state index contributed by atoms with van der Waals surface area (Å²) in [7, 11) is -0.312. The van der Waals surface area contributed by atoms with Crippen molar-refractivity contribution in [3.05, 3.63) is 57.6 Å².